The normalized spacial score (nSPS) is 11.4. The van der Waals surface area contributed by atoms with Crippen LogP contribution in [0.1, 0.15) is 19.4 Å². The molecule has 1 N–H and O–H groups in total. The van der Waals surface area contributed by atoms with Crippen molar-refractivity contribution in [2.45, 2.75) is 26.9 Å². The number of carbonyl (C=O) groups is 2. The summed E-state index contributed by atoms with van der Waals surface area (Å²) in [7, 11) is 1.58. The zero-order valence-corrected chi connectivity index (χ0v) is 16.2. The van der Waals surface area contributed by atoms with Gasteiger partial charge in [-0.15, -0.1) is 0 Å². The molecule has 2 rings (SSSR count). The van der Waals surface area contributed by atoms with Crippen LogP contribution in [0, 0.1) is 6.92 Å². The first kappa shape index (κ1) is 20.3. The van der Waals surface area contributed by atoms with Gasteiger partial charge in [-0.2, -0.15) is 0 Å². The number of likely N-dealkylation sites (N-methyl/N-ethyl adjacent to an activating group) is 1. The summed E-state index contributed by atoms with van der Waals surface area (Å²) in [6.45, 7) is 5.85. The van der Waals surface area contributed by atoms with Crippen LogP contribution in [0.4, 0.5) is 5.69 Å². The zero-order valence-electron chi connectivity index (χ0n) is 16.2. The highest BCUT2D eigenvalue weighted by molar-refractivity contribution is 5.95. The first-order chi connectivity index (χ1) is 12.9. The minimum absolute atomic E-state index is 0.0388. The van der Waals surface area contributed by atoms with E-state index in [1.807, 2.05) is 38.1 Å². The van der Waals surface area contributed by atoms with Crippen LogP contribution in [0.25, 0.3) is 0 Å². The maximum Gasteiger partial charge on any atom is 0.263 e. The standard InChI is InChI=1S/C21H26N2O4/c1-5-23(14-20(24)22-17-9-11-18(26-4)12-10-17)21(25)16(3)27-19-8-6-7-15(2)13-19/h6-13,16H,5,14H2,1-4H3,(H,22,24)/t16-/m1/s1. The Kier molecular flexibility index (Phi) is 7.23. The number of nitrogens with one attached hydrogen (secondary N) is 1. The van der Waals surface area contributed by atoms with E-state index in [9.17, 15) is 9.59 Å². The Bertz CT molecular complexity index is 774. The second-order valence-corrected chi connectivity index (χ2v) is 6.21. The summed E-state index contributed by atoms with van der Waals surface area (Å²) in [5.74, 6) is 0.845. The van der Waals surface area contributed by atoms with Gasteiger partial charge in [-0.25, -0.2) is 0 Å². The molecule has 0 saturated heterocycles. The average Bonchev–Trinajstić information content (AvgIpc) is 2.66. The molecule has 144 valence electrons. The van der Waals surface area contributed by atoms with Crippen LogP contribution in [0.5, 0.6) is 11.5 Å². The van der Waals surface area contributed by atoms with Crippen molar-refractivity contribution >= 4 is 17.5 Å². The number of aryl methyl sites for hydroxylation is 1. The molecule has 2 aromatic rings. The Morgan fingerprint density at radius 1 is 1.11 bits per heavy atom. The number of anilines is 1. The predicted octanol–water partition coefficient (Wildman–Crippen LogP) is 3.26. The van der Waals surface area contributed by atoms with Crippen LogP contribution in [0.15, 0.2) is 48.5 Å². The first-order valence-corrected chi connectivity index (χ1v) is 8.89. The van der Waals surface area contributed by atoms with Crippen molar-refractivity contribution in [1.82, 2.24) is 4.90 Å². The molecule has 0 heterocycles. The Balaban J connectivity index is 1.93. The fraction of sp³-hybridized carbons (Fsp3) is 0.333. The highest BCUT2D eigenvalue weighted by Crippen LogP contribution is 2.16. The van der Waals surface area contributed by atoms with E-state index in [0.29, 0.717) is 23.7 Å². The van der Waals surface area contributed by atoms with Gasteiger partial charge in [-0.3, -0.25) is 9.59 Å². The Hall–Kier alpha value is -3.02. The van der Waals surface area contributed by atoms with Gasteiger partial charge in [0.15, 0.2) is 6.10 Å². The first-order valence-electron chi connectivity index (χ1n) is 8.89. The fourth-order valence-electron chi connectivity index (χ4n) is 2.59. The number of rotatable bonds is 8. The second kappa shape index (κ2) is 9.62. The van der Waals surface area contributed by atoms with Gasteiger partial charge in [-0.1, -0.05) is 12.1 Å². The van der Waals surface area contributed by atoms with Crippen LogP contribution in [-0.2, 0) is 9.59 Å². The van der Waals surface area contributed by atoms with E-state index in [-0.39, 0.29) is 18.4 Å². The van der Waals surface area contributed by atoms with Gasteiger partial charge in [-0.05, 0) is 62.7 Å². The number of ether oxygens (including phenoxy) is 2. The third-order valence-corrected chi connectivity index (χ3v) is 4.05. The quantitative estimate of drug-likeness (QED) is 0.774. The third kappa shape index (κ3) is 6.02. The van der Waals surface area contributed by atoms with Crippen molar-refractivity contribution in [2.75, 3.05) is 25.5 Å². The van der Waals surface area contributed by atoms with E-state index in [4.69, 9.17) is 9.47 Å². The molecular weight excluding hydrogens is 344 g/mol. The third-order valence-electron chi connectivity index (χ3n) is 4.05. The zero-order chi connectivity index (χ0) is 19.8. The number of nitrogens with zero attached hydrogens (tertiary/aromatic N) is 1. The van der Waals surface area contributed by atoms with E-state index >= 15 is 0 Å². The van der Waals surface area contributed by atoms with E-state index in [1.165, 1.54) is 4.90 Å². The SMILES string of the molecule is CCN(CC(=O)Nc1ccc(OC)cc1)C(=O)[C@@H](C)Oc1cccc(C)c1. The smallest absolute Gasteiger partial charge is 0.263 e. The van der Waals surface area contributed by atoms with Crippen LogP contribution in [0.3, 0.4) is 0 Å². The topological polar surface area (TPSA) is 67.9 Å². The van der Waals surface area contributed by atoms with Gasteiger partial charge < -0.3 is 19.7 Å². The lowest BCUT2D eigenvalue weighted by atomic mass is 10.2. The molecule has 0 radical (unpaired) electrons. The summed E-state index contributed by atoms with van der Waals surface area (Å²) < 4.78 is 10.8. The van der Waals surface area contributed by atoms with Gasteiger partial charge in [0.1, 0.15) is 11.5 Å². The molecule has 6 heteroatoms. The molecule has 1 atom stereocenters. The lowest BCUT2D eigenvalue weighted by molar-refractivity contribution is -0.140. The summed E-state index contributed by atoms with van der Waals surface area (Å²) in [5.41, 5.74) is 1.70. The van der Waals surface area contributed by atoms with Crippen molar-refractivity contribution in [3.63, 3.8) is 0 Å². The van der Waals surface area contributed by atoms with Crippen molar-refractivity contribution in [1.29, 1.82) is 0 Å². The molecule has 0 aliphatic rings. The molecule has 27 heavy (non-hydrogen) atoms. The minimum Gasteiger partial charge on any atom is -0.497 e. The van der Waals surface area contributed by atoms with Crippen LogP contribution in [0.2, 0.25) is 0 Å². The molecule has 2 aromatic carbocycles. The number of amides is 2. The van der Waals surface area contributed by atoms with Gasteiger partial charge in [0, 0.05) is 12.2 Å². The van der Waals surface area contributed by atoms with Gasteiger partial charge in [0.05, 0.1) is 13.7 Å². The molecule has 0 bridgehead atoms. The van der Waals surface area contributed by atoms with Gasteiger partial charge in [0.2, 0.25) is 5.91 Å². The lowest BCUT2D eigenvalue weighted by Gasteiger charge is -2.24. The van der Waals surface area contributed by atoms with Crippen LogP contribution >= 0.6 is 0 Å². The van der Waals surface area contributed by atoms with Crippen molar-refractivity contribution in [3.8, 4) is 11.5 Å². The molecular formula is C21H26N2O4. The molecule has 0 unspecified atom stereocenters. The van der Waals surface area contributed by atoms with Gasteiger partial charge >= 0.3 is 0 Å². The number of carbonyl (C=O) groups excluding carboxylic acids is 2. The molecule has 0 aromatic heterocycles. The van der Waals surface area contributed by atoms with Crippen LogP contribution < -0.4 is 14.8 Å². The summed E-state index contributed by atoms with van der Waals surface area (Å²) >= 11 is 0. The van der Waals surface area contributed by atoms with E-state index in [0.717, 1.165) is 5.56 Å². The van der Waals surface area contributed by atoms with Crippen molar-refractivity contribution in [2.24, 2.45) is 0 Å². The van der Waals surface area contributed by atoms with Crippen molar-refractivity contribution in [3.05, 3.63) is 54.1 Å². The van der Waals surface area contributed by atoms with Crippen molar-refractivity contribution < 1.29 is 19.1 Å². The molecule has 0 spiro atoms. The Morgan fingerprint density at radius 3 is 2.41 bits per heavy atom. The number of benzene rings is 2. The van der Waals surface area contributed by atoms with Gasteiger partial charge in [0.25, 0.3) is 5.91 Å². The summed E-state index contributed by atoms with van der Waals surface area (Å²) in [6, 6.07) is 14.5. The summed E-state index contributed by atoms with van der Waals surface area (Å²) in [6.07, 6.45) is -0.680. The number of methoxy groups -OCH3 is 1. The minimum atomic E-state index is -0.680. The summed E-state index contributed by atoms with van der Waals surface area (Å²) in [5, 5.41) is 2.78. The number of hydrogen-bond donors (Lipinski definition) is 1. The predicted molar refractivity (Wildman–Crippen MR) is 105 cm³/mol. The molecule has 0 aliphatic carbocycles. The molecule has 2 amide bonds. The highest BCUT2D eigenvalue weighted by atomic mass is 16.5. The van der Waals surface area contributed by atoms with E-state index in [2.05, 4.69) is 5.32 Å². The Labute approximate surface area is 160 Å². The maximum atomic E-state index is 12.6. The van der Waals surface area contributed by atoms with E-state index in [1.54, 1.807) is 38.3 Å². The lowest BCUT2D eigenvalue weighted by Crippen LogP contribution is -2.44. The maximum absolute atomic E-state index is 12.6. The molecule has 0 aliphatic heterocycles. The summed E-state index contributed by atoms with van der Waals surface area (Å²) in [4.78, 5) is 26.4. The fourth-order valence-corrected chi connectivity index (χ4v) is 2.59. The molecule has 6 nitrogen and oxygen atoms in total. The average molecular weight is 370 g/mol. The highest BCUT2D eigenvalue weighted by Gasteiger charge is 2.23. The molecule has 0 saturated carbocycles. The largest absolute Gasteiger partial charge is 0.497 e. The second-order valence-electron chi connectivity index (χ2n) is 6.21. The Morgan fingerprint density at radius 2 is 1.81 bits per heavy atom. The van der Waals surface area contributed by atoms with Crippen LogP contribution in [-0.4, -0.2) is 43.0 Å². The van der Waals surface area contributed by atoms with E-state index < -0.39 is 6.10 Å². The molecule has 0 fully saturated rings. The monoisotopic (exact) mass is 370 g/mol. The number of hydrogen-bond acceptors (Lipinski definition) is 4.